The Hall–Kier alpha value is -3.11. The summed E-state index contributed by atoms with van der Waals surface area (Å²) >= 11 is 0. The number of hydrogen-bond acceptors (Lipinski definition) is 3. The highest BCUT2D eigenvalue weighted by atomic mass is 16.5. The van der Waals surface area contributed by atoms with Gasteiger partial charge in [-0.3, -0.25) is 0 Å². The van der Waals surface area contributed by atoms with Gasteiger partial charge in [-0.2, -0.15) is 0 Å². The molecule has 0 radical (unpaired) electrons. The van der Waals surface area contributed by atoms with Crippen LogP contribution < -0.4 is 10.1 Å². The fourth-order valence-corrected chi connectivity index (χ4v) is 3.59. The Kier molecular flexibility index (Phi) is 6.22. The standard InChI is InChI=1S/C25H27N3O/c1-20-9-2-3-10-21(20)18-28-19-22(23-11-4-5-12-24(23)28)17-26-14-8-16-29-25-13-6-7-15-27-25/h2-7,9-13,15,19,26H,8,14,16-18H2,1H3. The molecular formula is C25H27N3O. The number of rotatable bonds is 9. The van der Waals surface area contributed by atoms with Crippen molar-refractivity contribution in [2.24, 2.45) is 0 Å². The molecule has 0 aliphatic carbocycles. The van der Waals surface area contributed by atoms with E-state index in [9.17, 15) is 0 Å². The maximum absolute atomic E-state index is 5.65. The molecular weight excluding hydrogens is 358 g/mol. The third-order valence-corrected chi connectivity index (χ3v) is 5.17. The predicted molar refractivity (Wildman–Crippen MR) is 118 cm³/mol. The van der Waals surface area contributed by atoms with Crippen LogP contribution in [0.2, 0.25) is 0 Å². The summed E-state index contributed by atoms with van der Waals surface area (Å²) in [6.45, 7) is 5.50. The number of nitrogens with zero attached hydrogens (tertiary/aromatic N) is 2. The van der Waals surface area contributed by atoms with Crippen LogP contribution in [0.5, 0.6) is 5.88 Å². The number of fused-ring (bicyclic) bond motifs is 1. The van der Waals surface area contributed by atoms with Crippen LogP contribution in [0.1, 0.15) is 23.1 Å². The molecule has 0 aliphatic heterocycles. The zero-order chi connectivity index (χ0) is 19.9. The predicted octanol–water partition coefficient (Wildman–Crippen LogP) is 4.95. The molecule has 0 bridgehead atoms. The molecule has 1 N–H and O–H groups in total. The molecule has 4 nitrogen and oxygen atoms in total. The van der Waals surface area contributed by atoms with E-state index in [1.165, 1.54) is 27.6 Å². The van der Waals surface area contributed by atoms with Gasteiger partial charge >= 0.3 is 0 Å². The minimum absolute atomic E-state index is 0.666. The Bertz CT molecular complexity index is 1060. The summed E-state index contributed by atoms with van der Waals surface area (Å²) < 4.78 is 8.01. The van der Waals surface area contributed by atoms with E-state index in [1.54, 1.807) is 6.20 Å². The van der Waals surface area contributed by atoms with E-state index in [0.717, 1.165) is 26.1 Å². The van der Waals surface area contributed by atoms with Crippen LogP contribution in [0.15, 0.2) is 79.1 Å². The first-order valence-electron chi connectivity index (χ1n) is 10.2. The van der Waals surface area contributed by atoms with Crippen molar-refractivity contribution in [2.45, 2.75) is 26.4 Å². The molecule has 2 aromatic carbocycles. The van der Waals surface area contributed by atoms with E-state index >= 15 is 0 Å². The van der Waals surface area contributed by atoms with Crippen molar-refractivity contribution in [3.05, 3.63) is 95.8 Å². The Morgan fingerprint density at radius 2 is 1.76 bits per heavy atom. The average molecular weight is 386 g/mol. The van der Waals surface area contributed by atoms with Gasteiger partial charge in [0.2, 0.25) is 5.88 Å². The zero-order valence-corrected chi connectivity index (χ0v) is 16.8. The van der Waals surface area contributed by atoms with Crippen LogP contribution in [0.25, 0.3) is 10.9 Å². The summed E-state index contributed by atoms with van der Waals surface area (Å²) in [6, 6.07) is 23.0. The molecule has 4 rings (SSSR count). The van der Waals surface area contributed by atoms with Gasteiger partial charge in [-0.05, 0) is 48.7 Å². The maximum Gasteiger partial charge on any atom is 0.213 e. The van der Waals surface area contributed by atoms with Gasteiger partial charge in [-0.1, -0.05) is 48.5 Å². The highest BCUT2D eigenvalue weighted by molar-refractivity contribution is 5.84. The van der Waals surface area contributed by atoms with E-state index in [-0.39, 0.29) is 0 Å². The molecule has 4 heteroatoms. The van der Waals surface area contributed by atoms with Gasteiger partial charge in [0.1, 0.15) is 0 Å². The molecule has 0 atom stereocenters. The molecule has 0 saturated heterocycles. The van der Waals surface area contributed by atoms with Crippen molar-refractivity contribution in [3.63, 3.8) is 0 Å². The molecule has 0 fully saturated rings. The van der Waals surface area contributed by atoms with E-state index in [0.29, 0.717) is 12.5 Å². The Morgan fingerprint density at radius 3 is 2.62 bits per heavy atom. The molecule has 2 aromatic heterocycles. The smallest absolute Gasteiger partial charge is 0.213 e. The Balaban J connectivity index is 1.36. The summed E-state index contributed by atoms with van der Waals surface area (Å²) in [4.78, 5) is 4.18. The molecule has 4 aromatic rings. The quantitative estimate of drug-likeness (QED) is 0.414. The van der Waals surface area contributed by atoms with Gasteiger partial charge in [-0.25, -0.2) is 4.98 Å². The largest absolute Gasteiger partial charge is 0.478 e. The first kappa shape index (κ1) is 19.2. The molecule has 2 heterocycles. The van der Waals surface area contributed by atoms with Crippen LogP contribution >= 0.6 is 0 Å². The number of aryl methyl sites for hydroxylation is 1. The van der Waals surface area contributed by atoms with E-state index in [4.69, 9.17) is 4.74 Å². The summed E-state index contributed by atoms with van der Waals surface area (Å²) in [5.74, 6) is 0.687. The highest BCUT2D eigenvalue weighted by Crippen LogP contribution is 2.23. The molecule has 0 aliphatic rings. The summed E-state index contributed by atoms with van der Waals surface area (Å²) in [7, 11) is 0. The summed E-state index contributed by atoms with van der Waals surface area (Å²) in [5.41, 5.74) is 5.31. The van der Waals surface area contributed by atoms with E-state index in [2.05, 4.69) is 76.5 Å². The Morgan fingerprint density at radius 1 is 0.931 bits per heavy atom. The molecule has 29 heavy (non-hydrogen) atoms. The number of benzene rings is 2. The maximum atomic E-state index is 5.65. The van der Waals surface area contributed by atoms with E-state index in [1.807, 2.05) is 18.2 Å². The van der Waals surface area contributed by atoms with Crippen molar-refractivity contribution >= 4 is 10.9 Å². The second-order valence-corrected chi connectivity index (χ2v) is 7.27. The summed E-state index contributed by atoms with van der Waals surface area (Å²) in [6.07, 6.45) is 4.98. The first-order valence-corrected chi connectivity index (χ1v) is 10.2. The second-order valence-electron chi connectivity index (χ2n) is 7.27. The van der Waals surface area contributed by atoms with E-state index < -0.39 is 0 Å². The number of hydrogen-bond donors (Lipinski definition) is 1. The van der Waals surface area contributed by atoms with Crippen LogP contribution in [-0.2, 0) is 13.1 Å². The average Bonchev–Trinajstić information content (AvgIpc) is 3.11. The third-order valence-electron chi connectivity index (χ3n) is 5.17. The van der Waals surface area contributed by atoms with Crippen LogP contribution in [0.3, 0.4) is 0 Å². The first-order chi connectivity index (χ1) is 14.3. The minimum Gasteiger partial charge on any atom is -0.478 e. The van der Waals surface area contributed by atoms with Gasteiger partial charge in [0.25, 0.3) is 0 Å². The van der Waals surface area contributed by atoms with Crippen molar-refractivity contribution in [1.29, 1.82) is 0 Å². The Labute approximate surface area is 172 Å². The fourth-order valence-electron chi connectivity index (χ4n) is 3.59. The van der Waals surface area contributed by atoms with Crippen molar-refractivity contribution < 1.29 is 4.74 Å². The molecule has 0 amide bonds. The topological polar surface area (TPSA) is 39.1 Å². The van der Waals surface area contributed by atoms with Crippen LogP contribution in [0.4, 0.5) is 0 Å². The van der Waals surface area contributed by atoms with Gasteiger partial charge in [0, 0.05) is 42.5 Å². The van der Waals surface area contributed by atoms with Crippen molar-refractivity contribution in [3.8, 4) is 5.88 Å². The van der Waals surface area contributed by atoms with Crippen molar-refractivity contribution in [2.75, 3.05) is 13.2 Å². The normalized spacial score (nSPS) is 11.1. The summed E-state index contributed by atoms with van der Waals surface area (Å²) in [5, 5.41) is 4.87. The lowest BCUT2D eigenvalue weighted by Gasteiger charge is -2.08. The number of para-hydroxylation sites is 1. The van der Waals surface area contributed by atoms with Gasteiger partial charge < -0.3 is 14.6 Å². The minimum atomic E-state index is 0.666. The van der Waals surface area contributed by atoms with Crippen molar-refractivity contribution in [1.82, 2.24) is 14.9 Å². The number of ether oxygens (including phenoxy) is 1. The highest BCUT2D eigenvalue weighted by Gasteiger charge is 2.09. The van der Waals surface area contributed by atoms with Gasteiger partial charge in [-0.15, -0.1) is 0 Å². The lowest BCUT2D eigenvalue weighted by atomic mass is 10.1. The lowest BCUT2D eigenvalue weighted by molar-refractivity contribution is 0.296. The van der Waals surface area contributed by atoms with Crippen LogP contribution in [0, 0.1) is 6.92 Å². The SMILES string of the molecule is Cc1ccccc1Cn1cc(CNCCCOc2ccccn2)c2ccccc21. The zero-order valence-electron chi connectivity index (χ0n) is 16.8. The molecule has 0 unspecified atom stereocenters. The third kappa shape index (κ3) is 4.84. The molecule has 148 valence electrons. The number of pyridine rings is 1. The van der Waals surface area contributed by atoms with Gasteiger partial charge in [0.05, 0.1) is 6.61 Å². The number of aromatic nitrogens is 2. The van der Waals surface area contributed by atoms with Crippen LogP contribution in [-0.4, -0.2) is 22.7 Å². The molecule has 0 spiro atoms. The molecule has 0 saturated carbocycles. The lowest BCUT2D eigenvalue weighted by Crippen LogP contribution is -2.17. The van der Waals surface area contributed by atoms with Gasteiger partial charge in [0.15, 0.2) is 0 Å². The number of nitrogens with one attached hydrogen (secondary N) is 1. The second kappa shape index (κ2) is 9.39. The fraction of sp³-hybridized carbons (Fsp3) is 0.240. The monoisotopic (exact) mass is 385 g/mol.